The van der Waals surface area contributed by atoms with Crippen molar-refractivity contribution in [2.75, 3.05) is 6.54 Å². The van der Waals surface area contributed by atoms with E-state index in [1.54, 1.807) is 0 Å². The molecule has 0 aliphatic rings. The van der Waals surface area contributed by atoms with Crippen LogP contribution >= 0.6 is 0 Å². The Labute approximate surface area is 105 Å². The molecule has 98 valence electrons. The smallest absolute Gasteiger partial charge is 0.0522 e. The summed E-state index contributed by atoms with van der Waals surface area (Å²) in [6.07, 6.45) is 9.43. The van der Waals surface area contributed by atoms with Crippen LogP contribution in [0.25, 0.3) is 0 Å². The molecule has 0 aliphatic heterocycles. The van der Waals surface area contributed by atoms with Crippen LogP contribution in [0.4, 0.5) is 0 Å². The second-order valence-corrected chi connectivity index (χ2v) is 4.85. The van der Waals surface area contributed by atoms with Crippen molar-refractivity contribution in [1.82, 2.24) is 15.5 Å². The number of nitrogens with one attached hydrogen (secondary N) is 2. The highest BCUT2D eigenvalue weighted by atomic mass is 15.1. The maximum absolute atomic E-state index is 4.05. The van der Waals surface area contributed by atoms with Crippen LogP contribution in [0.15, 0.2) is 6.20 Å². The van der Waals surface area contributed by atoms with Gasteiger partial charge in [0.1, 0.15) is 0 Å². The van der Waals surface area contributed by atoms with Crippen molar-refractivity contribution in [3.8, 4) is 0 Å². The van der Waals surface area contributed by atoms with E-state index in [2.05, 4.69) is 36.3 Å². The summed E-state index contributed by atoms with van der Waals surface area (Å²) >= 11 is 0. The van der Waals surface area contributed by atoms with Gasteiger partial charge in [0.2, 0.25) is 0 Å². The molecule has 0 unspecified atom stereocenters. The Hall–Kier alpha value is -0.830. The number of rotatable bonds is 9. The summed E-state index contributed by atoms with van der Waals surface area (Å²) in [4.78, 5) is 0. The van der Waals surface area contributed by atoms with E-state index >= 15 is 0 Å². The average Bonchev–Trinajstić information content (AvgIpc) is 2.71. The molecule has 0 aromatic carbocycles. The van der Waals surface area contributed by atoms with Gasteiger partial charge in [-0.05, 0) is 44.7 Å². The van der Waals surface area contributed by atoms with Crippen LogP contribution in [0.2, 0.25) is 0 Å². The van der Waals surface area contributed by atoms with Gasteiger partial charge in [-0.3, -0.25) is 5.10 Å². The van der Waals surface area contributed by atoms with Crippen molar-refractivity contribution < 1.29 is 0 Å². The molecule has 0 radical (unpaired) electrons. The van der Waals surface area contributed by atoms with Crippen molar-refractivity contribution in [2.24, 2.45) is 0 Å². The van der Waals surface area contributed by atoms with E-state index in [9.17, 15) is 0 Å². The van der Waals surface area contributed by atoms with Crippen LogP contribution in [0, 0.1) is 6.92 Å². The van der Waals surface area contributed by atoms with Gasteiger partial charge in [0.05, 0.1) is 6.20 Å². The zero-order chi connectivity index (χ0) is 12.5. The van der Waals surface area contributed by atoms with Gasteiger partial charge in [-0.15, -0.1) is 0 Å². The molecule has 0 saturated heterocycles. The normalized spacial score (nSPS) is 11.3. The predicted octanol–water partition coefficient (Wildman–Crippen LogP) is 3.21. The number of hydrogen-bond acceptors (Lipinski definition) is 2. The van der Waals surface area contributed by atoms with Gasteiger partial charge in [0.25, 0.3) is 0 Å². The van der Waals surface area contributed by atoms with Gasteiger partial charge < -0.3 is 5.32 Å². The largest absolute Gasteiger partial charge is 0.314 e. The topological polar surface area (TPSA) is 40.7 Å². The molecule has 1 aromatic heterocycles. The summed E-state index contributed by atoms with van der Waals surface area (Å²) in [5.74, 6) is 0. The third kappa shape index (κ3) is 5.35. The number of hydrogen-bond donors (Lipinski definition) is 2. The Morgan fingerprint density at radius 2 is 2.00 bits per heavy atom. The minimum Gasteiger partial charge on any atom is -0.314 e. The molecule has 1 heterocycles. The molecule has 0 aliphatic carbocycles. The maximum Gasteiger partial charge on any atom is 0.0522 e. The van der Waals surface area contributed by atoms with Crippen molar-refractivity contribution in [3.05, 3.63) is 17.5 Å². The highest BCUT2D eigenvalue weighted by molar-refractivity contribution is 5.14. The Balaban J connectivity index is 2.15. The van der Waals surface area contributed by atoms with Crippen LogP contribution in [0.1, 0.15) is 57.2 Å². The van der Waals surface area contributed by atoms with Crippen LogP contribution in [-0.4, -0.2) is 22.8 Å². The van der Waals surface area contributed by atoms with E-state index in [1.807, 2.05) is 6.20 Å². The summed E-state index contributed by atoms with van der Waals surface area (Å²) in [5, 5.41) is 10.7. The zero-order valence-electron chi connectivity index (χ0n) is 11.6. The molecular formula is C14H27N3. The fourth-order valence-corrected chi connectivity index (χ4v) is 2.26. The second-order valence-electron chi connectivity index (χ2n) is 4.85. The number of aromatic amines is 1. The van der Waals surface area contributed by atoms with Crippen molar-refractivity contribution >= 4 is 0 Å². The number of aromatic nitrogens is 2. The summed E-state index contributed by atoms with van der Waals surface area (Å²) in [6.45, 7) is 7.74. The molecule has 0 spiro atoms. The molecular weight excluding hydrogens is 210 g/mol. The predicted molar refractivity (Wildman–Crippen MR) is 73.3 cm³/mol. The number of H-pyrrole nitrogens is 1. The van der Waals surface area contributed by atoms with Gasteiger partial charge in [0, 0.05) is 11.7 Å². The highest BCUT2D eigenvalue weighted by Gasteiger charge is 2.05. The fraction of sp³-hybridized carbons (Fsp3) is 0.786. The lowest BCUT2D eigenvalue weighted by Gasteiger charge is -2.17. The summed E-state index contributed by atoms with van der Waals surface area (Å²) in [6, 6.07) is 0.718. The SMILES string of the molecule is CCCC(CCC)NCCCc1cn[nH]c1C. The van der Waals surface area contributed by atoms with Gasteiger partial charge in [-0.25, -0.2) is 0 Å². The third-order valence-corrected chi connectivity index (χ3v) is 3.26. The van der Waals surface area contributed by atoms with Gasteiger partial charge in [-0.2, -0.15) is 5.10 Å². The van der Waals surface area contributed by atoms with Gasteiger partial charge in [-0.1, -0.05) is 26.7 Å². The summed E-state index contributed by atoms with van der Waals surface area (Å²) < 4.78 is 0. The molecule has 0 atom stereocenters. The molecule has 3 heteroatoms. The molecule has 0 bridgehead atoms. The van der Waals surface area contributed by atoms with Crippen molar-refractivity contribution in [1.29, 1.82) is 0 Å². The molecule has 17 heavy (non-hydrogen) atoms. The minimum absolute atomic E-state index is 0.718. The lowest BCUT2D eigenvalue weighted by Crippen LogP contribution is -2.29. The zero-order valence-corrected chi connectivity index (χ0v) is 11.6. The van der Waals surface area contributed by atoms with Gasteiger partial charge >= 0.3 is 0 Å². The first-order valence-corrected chi connectivity index (χ1v) is 7.00. The minimum atomic E-state index is 0.718. The Kier molecular flexibility index (Phi) is 6.94. The Morgan fingerprint density at radius 3 is 2.53 bits per heavy atom. The van der Waals surface area contributed by atoms with E-state index < -0.39 is 0 Å². The molecule has 3 nitrogen and oxygen atoms in total. The molecule has 2 N–H and O–H groups in total. The second kappa shape index (κ2) is 8.29. The third-order valence-electron chi connectivity index (χ3n) is 3.26. The first kappa shape index (κ1) is 14.2. The van der Waals surface area contributed by atoms with E-state index in [-0.39, 0.29) is 0 Å². The fourth-order valence-electron chi connectivity index (χ4n) is 2.26. The first-order valence-electron chi connectivity index (χ1n) is 7.00. The van der Waals surface area contributed by atoms with E-state index in [1.165, 1.54) is 43.4 Å². The molecule has 1 aromatic rings. The first-order chi connectivity index (χ1) is 8.27. The quantitative estimate of drug-likeness (QED) is 0.647. The maximum atomic E-state index is 4.05. The number of nitrogens with zero attached hydrogens (tertiary/aromatic N) is 1. The van der Waals surface area contributed by atoms with Crippen LogP contribution in [0.5, 0.6) is 0 Å². The lowest BCUT2D eigenvalue weighted by molar-refractivity contribution is 0.441. The Morgan fingerprint density at radius 1 is 1.29 bits per heavy atom. The molecule has 0 amide bonds. The van der Waals surface area contributed by atoms with Crippen molar-refractivity contribution in [3.63, 3.8) is 0 Å². The molecule has 0 saturated carbocycles. The number of aryl methyl sites for hydroxylation is 2. The molecule has 1 rings (SSSR count). The van der Waals surface area contributed by atoms with Crippen LogP contribution < -0.4 is 5.32 Å². The summed E-state index contributed by atoms with van der Waals surface area (Å²) in [7, 11) is 0. The standard InChI is InChI=1S/C14H27N3/c1-4-7-14(8-5-2)15-10-6-9-13-11-16-17-12(13)3/h11,14-15H,4-10H2,1-3H3,(H,16,17). The van der Waals surface area contributed by atoms with E-state index in [4.69, 9.17) is 0 Å². The lowest BCUT2D eigenvalue weighted by atomic mass is 10.1. The highest BCUT2D eigenvalue weighted by Crippen LogP contribution is 2.07. The van der Waals surface area contributed by atoms with Gasteiger partial charge in [0.15, 0.2) is 0 Å². The molecule has 0 fully saturated rings. The van der Waals surface area contributed by atoms with E-state index in [0.29, 0.717) is 0 Å². The van der Waals surface area contributed by atoms with Crippen LogP contribution in [0.3, 0.4) is 0 Å². The monoisotopic (exact) mass is 237 g/mol. The average molecular weight is 237 g/mol. The Bertz CT molecular complexity index is 287. The summed E-state index contributed by atoms with van der Waals surface area (Å²) in [5.41, 5.74) is 2.57. The van der Waals surface area contributed by atoms with Crippen molar-refractivity contribution in [2.45, 2.75) is 65.3 Å². The van der Waals surface area contributed by atoms with Crippen LogP contribution in [-0.2, 0) is 6.42 Å². The van der Waals surface area contributed by atoms with E-state index in [0.717, 1.165) is 19.0 Å².